The van der Waals surface area contributed by atoms with Crippen molar-refractivity contribution in [1.29, 1.82) is 0 Å². The van der Waals surface area contributed by atoms with E-state index in [1.807, 2.05) is 25.1 Å². The fourth-order valence-corrected chi connectivity index (χ4v) is 4.36. The van der Waals surface area contributed by atoms with Crippen LogP contribution in [0.1, 0.15) is 26.7 Å². The van der Waals surface area contributed by atoms with E-state index < -0.39 is 6.04 Å². The van der Waals surface area contributed by atoms with Gasteiger partial charge in [-0.25, -0.2) is 4.98 Å². The Hall–Kier alpha value is -3.46. The summed E-state index contributed by atoms with van der Waals surface area (Å²) < 4.78 is 6.32. The first-order valence-electron chi connectivity index (χ1n) is 10.0. The fraction of sp³-hybridized carbons (Fsp3) is 0.273. The van der Waals surface area contributed by atoms with E-state index in [-0.39, 0.29) is 24.3 Å². The number of carbonyl (C=O) groups is 3. The van der Waals surface area contributed by atoms with Crippen molar-refractivity contribution in [1.82, 2.24) is 4.98 Å². The molecule has 0 saturated carbocycles. The van der Waals surface area contributed by atoms with E-state index in [0.717, 1.165) is 10.2 Å². The topological polar surface area (TPSA) is 101 Å². The molecule has 3 amide bonds. The van der Waals surface area contributed by atoms with Crippen LogP contribution in [0.3, 0.4) is 0 Å². The van der Waals surface area contributed by atoms with E-state index in [1.54, 1.807) is 31.2 Å². The number of nitrogens with zero attached hydrogens (tertiary/aromatic N) is 2. The number of thiazole rings is 1. The highest BCUT2D eigenvalue weighted by molar-refractivity contribution is 7.22. The van der Waals surface area contributed by atoms with Gasteiger partial charge in [-0.1, -0.05) is 37.3 Å². The summed E-state index contributed by atoms with van der Waals surface area (Å²) in [7, 11) is 0. The lowest BCUT2D eigenvalue weighted by molar-refractivity contribution is -0.125. The molecule has 4 rings (SSSR count). The molecule has 1 aliphatic rings. The fourth-order valence-electron chi connectivity index (χ4n) is 3.44. The maximum Gasteiger partial charge on any atom is 0.265 e. The number of carbonyl (C=O) groups excluding carboxylic acids is 3. The number of nitrogens with one attached hydrogen (secondary N) is 2. The highest BCUT2D eigenvalue weighted by Gasteiger charge is 2.34. The molecule has 2 N–H and O–H groups in total. The van der Waals surface area contributed by atoms with Crippen molar-refractivity contribution in [3.63, 3.8) is 0 Å². The molecule has 0 unspecified atom stereocenters. The predicted octanol–water partition coefficient (Wildman–Crippen LogP) is 3.79. The lowest BCUT2D eigenvalue weighted by atomic mass is 10.1. The molecule has 0 saturated heterocycles. The van der Waals surface area contributed by atoms with Crippen LogP contribution >= 0.6 is 11.3 Å². The largest absolute Gasteiger partial charge is 0.482 e. The van der Waals surface area contributed by atoms with Gasteiger partial charge in [-0.15, -0.1) is 0 Å². The van der Waals surface area contributed by atoms with Gasteiger partial charge in [0.25, 0.3) is 5.91 Å². The Balaban J connectivity index is 1.56. The average molecular weight is 439 g/mol. The second-order valence-corrected chi connectivity index (χ2v) is 8.07. The number of anilines is 3. The van der Waals surface area contributed by atoms with Gasteiger partial charge < -0.3 is 15.4 Å². The van der Waals surface area contributed by atoms with Crippen molar-refractivity contribution in [3.8, 4) is 5.75 Å². The molecule has 0 spiro atoms. The van der Waals surface area contributed by atoms with Crippen molar-refractivity contribution in [3.05, 3.63) is 42.5 Å². The minimum absolute atomic E-state index is 0.0973. The van der Waals surface area contributed by atoms with Gasteiger partial charge in [-0.2, -0.15) is 0 Å². The third-order valence-electron chi connectivity index (χ3n) is 4.97. The Kier molecular flexibility index (Phi) is 5.85. The molecule has 0 bridgehead atoms. The lowest BCUT2D eigenvalue weighted by Crippen LogP contribution is -2.50. The Morgan fingerprint density at radius 1 is 1.19 bits per heavy atom. The molecule has 9 heteroatoms. The summed E-state index contributed by atoms with van der Waals surface area (Å²) in [5.41, 5.74) is 1.93. The zero-order valence-corrected chi connectivity index (χ0v) is 18.0. The molecule has 1 aromatic heterocycles. The number of benzene rings is 2. The van der Waals surface area contributed by atoms with Crippen molar-refractivity contribution in [2.75, 3.05) is 22.1 Å². The van der Waals surface area contributed by atoms with E-state index in [1.165, 1.54) is 16.2 Å². The monoisotopic (exact) mass is 438 g/mol. The molecule has 0 radical (unpaired) electrons. The molecule has 0 aliphatic carbocycles. The molecule has 1 atom stereocenters. The molecular weight excluding hydrogens is 416 g/mol. The van der Waals surface area contributed by atoms with Gasteiger partial charge in [0, 0.05) is 12.1 Å². The number of rotatable bonds is 6. The molecule has 3 aromatic rings. The number of hydrogen-bond donors (Lipinski definition) is 2. The number of hydrogen-bond acceptors (Lipinski definition) is 6. The van der Waals surface area contributed by atoms with Crippen LogP contribution in [0.15, 0.2) is 42.5 Å². The van der Waals surface area contributed by atoms with Gasteiger partial charge >= 0.3 is 0 Å². The Morgan fingerprint density at radius 3 is 2.77 bits per heavy atom. The molecule has 1 aliphatic heterocycles. The summed E-state index contributed by atoms with van der Waals surface area (Å²) in [5, 5.41) is 6.18. The quantitative estimate of drug-likeness (QED) is 0.610. The summed E-state index contributed by atoms with van der Waals surface area (Å²) in [5.74, 6) is -0.0549. The smallest absolute Gasteiger partial charge is 0.265 e. The number of aromatic nitrogens is 1. The van der Waals surface area contributed by atoms with E-state index >= 15 is 0 Å². The van der Waals surface area contributed by atoms with Crippen LogP contribution in [0.4, 0.5) is 16.5 Å². The maximum atomic E-state index is 13.1. The van der Waals surface area contributed by atoms with Crippen molar-refractivity contribution >= 4 is 55.8 Å². The van der Waals surface area contributed by atoms with Gasteiger partial charge in [-0.05, 0) is 36.8 Å². The standard InChI is InChI=1S/C22H22N4O4S/c1-3-15(26-16-7-5-6-8-17(16)30-12-20(26)28)21(29)23-13-9-10-14-18(11-13)31-22(24-14)25-19(27)4-2/h5-11,15H,3-4,12H2,1-2H3,(H,23,29)(H,24,25,27)/t15-/m0/s1. The number of fused-ring (bicyclic) bond motifs is 2. The van der Waals surface area contributed by atoms with E-state index in [4.69, 9.17) is 4.74 Å². The summed E-state index contributed by atoms with van der Waals surface area (Å²) in [6, 6.07) is 11.9. The normalized spacial score (nSPS) is 14.0. The SMILES string of the molecule is CCC(=O)Nc1nc2ccc(NC(=O)[C@H](CC)N3C(=O)COc4ccccc43)cc2s1. The summed E-state index contributed by atoms with van der Waals surface area (Å²) in [6.45, 7) is 3.54. The van der Waals surface area contributed by atoms with Crippen LogP contribution in [-0.4, -0.2) is 35.4 Å². The van der Waals surface area contributed by atoms with Crippen LogP contribution < -0.4 is 20.3 Å². The van der Waals surface area contributed by atoms with Crippen molar-refractivity contribution in [2.45, 2.75) is 32.7 Å². The van der Waals surface area contributed by atoms with Gasteiger partial charge in [0.15, 0.2) is 11.7 Å². The Bertz CT molecular complexity index is 1160. The molecule has 8 nitrogen and oxygen atoms in total. The summed E-state index contributed by atoms with van der Waals surface area (Å²) >= 11 is 1.34. The molecular formula is C22H22N4O4S. The van der Waals surface area contributed by atoms with Crippen LogP contribution in [0.2, 0.25) is 0 Å². The first kappa shape index (κ1) is 20.8. The molecule has 0 fully saturated rings. The highest BCUT2D eigenvalue weighted by Crippen LogP contribution is 2.34. The first-order chi connectivity index (χ1) is 15.0. The predicted molar refractivity (Wildman–Crippen MR) is 121 cm³/mol. The molecule has 160 valence electrons. The molecule has 2 heterocycles. The van der Waals surface area contributed by atoms with Crippen LogP contribution in [0, 0.1) is 0 Å². The maximum absolute atomic E-state index is 13.1. The summed E-state index contributed by atoms with van der Waals surface area (Å²) in [6.07, 6.45) is 0.820. The van der Waals surface area contributed by atoms with Gasteiger partial charge in [-0.3, -0.25) is 19.3 Å². The third kappa shape index (κ3) is 4.22. The number of para-hydroxylation sites is 2. The summed E-state index contributed by atoms with van der Waals surface area (Å²) in [4.78, 5) is 43.2. The number of amides is 3. The minimum atomic E-state index is -0.672. The average Bonchev–Trinajstić information content (AvgIpc) is 3.17. The second kappa shape index (κ2) is 8.73. The first-order valence-corrected chi connectivity index (χ1v) is 10.9. The van der Waals surface area contributed by atoms with Gasteiger partial charge in [0.1, 0.15) is 11.8 Å². The van der Waals surface area contributed by atoms with Crippen molar-refractivity contribution in [2.24, 2.45) is 0 Å². The number of ether oxygens (including phenoxy) is 1. The Labute approximate surface area is 183 Å². The highest BCUT2D eigenvalue weighted by atomic mass is 32.1. The second-order valence-electron chi connectivity index (χ2n) is 7.04. The van der Waals surface area contributed by atoms with Gasteiger partial charge in [0.05, 0.1) is 15.9 Å². The van der Waals surface area contributed by atoms with Gasteiger partial charge in [0.2, 0.25) is 11.8 Å². The zero-order chi connectivity index (χ0) is 22.0. The Morgan fingerprint density at radius 2 is 2.00 bits per heavy atom. The van der Waals surface area contributed by atoms with E-state index in [0.29, 0.717) is 35.1 Å². The van der Waals surface area contributed by atoms with Crippen LogP contribution in [0.5, 0.6) is 5.75 Å². The minimum Gasteiger partial charge on any atom is -0.482 e. The van der Waals surface area contributed by atoms with Crippen molar-refractivity contribution < 1.29 is 19.1 Å². The third-order valence-corrected chi connectivity index (χ3v) is 5.90. The molecule has 2 aromatic carbocycles. The van der Waals surface area contributed by atoms with Crippen LogP contribution in [0.25, 0.3) is 10.2 Å². The zero-order valence-electron chi connectivity index (χ0n) is 17.2. The van der Waals surface area contributed by atoms with Crippen LogP contribution in [-0.2, 0) is 14.4 Å². The lowest BCUT2D eigenvalue weighted by Gasteiger charge is -2.34. The van der Waals surface area contributed by atoms with E-state index in [2.05, 4.69) is 15.6 Å². The van der Waals surface area contributed by atoms with E-state index in [9.17, 15) is 14.4 Å². The molecule has 31 heavy (non-hydrogen) atoms.